The van der Waals surface area contributed by atoms with E-state index in [0.29, 0.717) is 23.1 Å². The quantitative estimate of drug-likeness (QED) is 0.415. The number of halogens is 1. The number of hydrogen-bond donors (Lipinski definition) is 1. The minimum absolute atomic E-state index is 0.176. The Morgan fingerprint density at radius 3 is 2.32 bits per heavy atom. The molecule has 0 amide bonds. The first-order chi connectivity index (χ1) is 14.8. The molecule has 0 atom stereocenters. The highest BCUT2D eigenvalue weighted by molar-refractivity contribution is 9.10. The number of aryl methyl sites for hydroxylation is 1. The van der Waals surface area contributed by atoms with Crippen molar-refractivity contribution in [2.24, 2.45) is 0 Å². The zero-order valence-corrected chi connectivity index (χ0v) is 19.1. The van der Waals surface area contributed by atoms with Crippen LogP contribution in [0.4, 0.5) is 5.69 Å². The van der Waals surface area contributed by atoms with Crippen molar-refractivity contribution in [2.45, 2.75) is 18.7 Å². The zero-order valence-electron chi connectivity index (χ0n) is 16.7. The fourth-order valence-electron chi connectivity index (χ4n) is 2.79. The van der Waals surface area contributed by atoms with Gasteiger partial charge in [0.1, 0.15) is 24.2 Å². The fourth-order valence-corrected chi connectivity index (χ4v) is 4.11. The van der Waals surface area contributed by atoms with Crippen LogP contribution in [-0.2, 0) is 10.0 Å². The Balaban J connectivity index is 1.48. The first kappa shape index (κ1) is 21.0. The van der Waals surface area contributed by atoms with Crippen molar-refractivity contribution in [1.29, 1.82) is 0 Å². The van der Waals surface area contributed by atoms with Gasteiger partial charge in [0, 0.05) is 21.9 Å². The molecule has 2 heterocycles. The lowest BCUT2D eigenvalue weighted by atomic mass is 10.3. The Bertz CT molecular complexity index is 1320. The van der Waals surface area contributed by atoms with Gasteiger partial charge in [0.05, 0.1) is 10.6 Å². The second-order valence-electron chi connectivity index (χ2n) is 6.69. The summed E-state index contributed by atoms with van der Waals surface area (Å²) in [6, 6.07) is 14.7. The largest absolute Gasteiger partial charge is 0.439 e. The van der Waals surface area contributed by atoms with Crippen LogP contribution in [0, 0.1) is 13.8 Å². The molecule has 2 aromatic heterocycles. The second-order valence-corrected chi connectivity index (χ2v) is 9.28. The summed E-state index contributed by atoms with van der Waals surface area (Å²) in [5, 5.41) is 0. The number of aromatic nitrogens is 4. The van der Waals surface area contributed by atoms with Crippen LogP contribution in [0.2, 0.25) is 0 Å². The van der Waals surface area contributed by atoms with Crippen molar-refractivity contribution in [1.82, 2.24) is 19.5 Å². The molecule has 0 aliphatic carbocycles. The molecule has 0 fully saturated rings. The molecule has 2 aromatic carbocycles. The number of hydrogen-bond acceptors (Lipinski definition) is 6. The maximum atomic E-state index is 12.5. The summed E-state index contributed by atoms with van der Waals surface area (Å²) >= 11 is 3.29. The molecule has 0 saturated heterocycles. The highest BCUT2D eigenvalue weighted by Gasteiger charge is 2.14. The van der Waals surface area contributed by atoms with Crippen LogP contribution >= 0.6 is 15.9 Å². The molecule has 4 rings (SSSR count). The van der Waals surface area contributed by atoms with Crippen molar-refractivity contribution in [3.8, 4) is 17.4 Å². The Labute approximate surface area is 188 Å². The molecule has 0 spiro atoms. The lowest BCUT2D eigenvalue weighted by molar-refractivity contribution is 0.461. The van der Waals surface area contributed by atoms with Gasteiger partial charge in [-0.05, 0) is 62.4 Å². The summed E-state index contributed by atoms with van der Waals surface area (Å²) in [5.74, 6) is 1.51. The van der Waals surface area contributed by atoms with E-state index in [1.54, 1.807) is 48.8 Å². The number of rotatable bonds is 6. The van der Waals surface area contributed by atoms with Crippen LogP contribution in [0.25, 0.3) is 5.82 Å². The number of nitrogens with one attached hydrogen (secondary N) is 1. The molecule has 10 heteroatoms. The van der Waals surface area contributed by atoms with Gasteiger partial charge < -0.3 is 4.74 Å². The van der Waals surface area contributed by atoms with Gasteiger partial charge in [-0.25, -0.2) is 23.4 Å². The standard InChI is InChI=1S/C21H18BrN5O3S/c1-14-15(2)27(13-25-14)20-11-21(24-12-23-20)30-18-7-5-17(6-8-18)26-31(28,29)19-9-3-16(22)4-10-19/h3-13,26H,1-2H3. The molecule has 0 bridgehead atoms. The normalized spacial score (nSPS) is 11.3. The Morgan fingerprint density at radius 2 is 1.68 bits per heavy atom. The third kappa shape index (κ3) is 4.75. The van der Waals surface area contributed by atoms with Crippen molar-refractivity contribution in [2.75, 3.05) is 4.72 Å². The van der Waals surface area contributed by atoms with Gasteiger partial charge in [-0.15, -0.1) is 0 Å². The third-order valence-electron chi connectivity index (χ3n) is 4.58. The van der Waals surface area contributed by atoms with Crippen molar-refractivity contribution < 1.29 is 13.2 Å². The summed E-state index contributed by atoms with van der Waals surface area (Å²) in [6.45, 7) is 3.88. The topological polar surface area (TPSA) is 99.0 Å². The first-order valence-corrected chi connectivity index (χ1v) is 11.5. The van der Waals surface area contributed by atoms with E-state index in [1.807, 2.05) is 18.4 Å². The summed E-state index contributed by atoms with van der Waals surface area (Å²) in [4.78, 5) is 12.9. The zero-order chi connectivity index (χ0) is 22.0. The lowest BCUT2D eigenvalue weighted by Gasteiger charge is -2.10. The van der Waals surface area contributed by atoms with Gasteiger partial charge in [0.25, 0.3) is 10.0 Å². The summed E-state index contributed by atoms with van der Waals surface area (Å²) in [6.07, 6.45) is 3.11. The van der Waals surface area contributed by atoms with Gasteiger partial charge in [0.15, 0.2) is 0 Å². The predicted octanol–water partition coefficient (Wildman–Crippen LogP) is 4.63. The molecule has 31 heavy (non-hydrogen) atoms. The highest BCUT2D eigenvalue weighted by atomic mass is 79.9. The molecular weight excluding hydrogens is 482 g/mol. The summed E-state index contributed by atoms with van der Waals surface area (Å²) in [5.41, 5.74) is 2.32. The van der Waals surface area contributed by atoms with E-state index in [0.717, 1.165) is 15.9 Å². The van der Waals surface area contributed by atoms with Crippen LogP contribution in [0.5, 0.6) is 11.6 Å². The van der Waals surface area contributed by atoms with E-state index >= 15 is 0 Å². The van der Waals surface area contributed by atoms with Crippen LogP contribution in [-0.4, -0.2) is 27.9 Å². The molecule has 4 aromatic rings. The van der Waals surface area contributed by atoms with Crippen molar-refractivity contribution in [3.63, 3.8) is 0 Å². The van der Waals surface area contributed by atoms with Gasteiger partial charge in [0.2, 0.25) is 5.88 Å². The summed E-state index contributed by atoms with van der Waals surface area (Å²) in [7, 11) is -3.68. The average Bonchev–Trinajstić information content (AvgIpc) is 3.08. The van der Waals surface area contributed by atoms with E-state index in [1.165, 1.54) is 18.5 Å². The molecule has 0 unspecified atom stereocenters. The number of anilines is 1. The Hall–Kier alpha value is -3.24. The van der Waals surface area contributed by atoms with Gasteiger partial charge in [-0.3, -0.25) is 9.29 Å². The molecule has 0 radical (unpaired) electrons. The number of nitrogens with zero attached hydrogens (tertiary/aromatic N) is 4. The monoisotopic (exact) mass is 499 g/mol. The Kier molecular flexibility index (Phi) is 5.75. The SMILES string of the molecule is Cc1ncn(-c2cc(Oc3ccc(NS(=O)(=O)c4ccc(Br)cc4)cc3)ncn2)c1C. The minimum atomic E-state index is -3.68. The maximum Gasteiger partial charge on any atom is 0.261 e. The van der Waals surface area contributed by atoms with Crippen LogP contribution in [0.15, 0.2) is 76.6 Å². The molecule has 0 saturated carbocycles. The van der Waals surface area contributed by atoms with E-state index in [9.17, 15) is 8.42 Å². The molecular formula is C21H18BrN5O3S. The van der Waals surface area contributed by atoms with Gasteiger partial charge in [-0.2, -0.15) is 0 Å². The van der Waals surface area contributed by atoms with Crippen LogP contribution in [0.3, 0.4) is 0 Å². The van der Waals surface area contributed by atoms with Crippen LogP contribution < -0.4 is 9.46 Å². The third-order valence-corrected chi connectivity index (χ3v) is 6.50. The van der Waals surface area contributed by atoms with E-state index < -0.39 is 10.0 Å². The highest BCUT2D eigenvalue weighted by Crippen LogP contribution is 2.24. The van der Waals surface area contributed by atoms with E-state index in [2.05, 4.69) is 35.6 Å². The van der Waals surface area contributed by atoms with Crippen molar-refractivity contribution in [3.05, 3.63) is 83.1 Å². The number of ether oxygens (including phenoxy) is 1. The lowest BCUT2D eigenvalue weighted by Crippen LogP contribution is -2.12. The predicted molar refractivity (Wildman–Crippen MR) is 120 cm³/mol. The number of benzene rings is 2. The van der Waals surface area contributed by atoms with Crippen LogP contribution in [0.1, 0.15) is 11.4 Å². The van der Waals surface area contributed by atoms with Gasteiger partial charge in [-0.1, -0.05) is 15.9 Å². The molecule has 0 aliphatic heterocycles. The average molecular weight is 500 g/mol. The molecule has 0 aliphatic rings. The minimum Gasteiger partial charge on any atom is -0.439 e. The first-order valence-electron chi connectivity index (χ1n) is 9.21. The van der Waals surface area contributed by atoms with Gasteiger partial charge >= 0.3 is 0 Å². The van der Waals surface area contributed by atoms with E-state index in [4.69, 9.17) is 4.74 Å². The Morgan fingerprint density at radius 1 is 0.968 bits per heavy atom. The molecule has 1 N–H and O–H groups in total. The fraction of sp³-hybridized carbons (Fsp3) is 0.0952. The molecule has 158 valence electrons. The van der Waals surface area contributed by atoms with E-state index in [-0.39, 0.29) is 4.90 Å². The smallest absolute Gasteiger partial charge is 0.261 e. The second kappa shape index (κ2) is 8.48. The number of sulfonamides is 1. The maximum absolute atomic E-state index is 12.5. The summed E-state index contributed by atoms with van der Waals surface area (Å²) < 4.78 is 36.0. The number of imidazole rings is 1. The molecule has 8 nitrogen and oxygen atoms in total. The van der Waals surface area contributed by atoms with Crippen molar-refractivity contribution >= 4 is 31.6 Å².